The van der Waals surface area contributed by atoms with E-state index in [0.717, 1.165) is 10.1 Å². The average Bonchev–Trinajstić information content (AvgIpc) is 2.40. The number of rotatable bonds is 3. The van der Waals surface area contributed by atoms with E-state index in [4.69, 9.17) is 0 Å². The number of hydrogen-bond donors (Lipinski definition) is 1. The minimum absolute atomic E-state index is 0.139. The molecular formula is C13H11IN2O. The van der Waals surface area contributed by atoms with Crippen LogP contribution in [0.5, 0.6) is 0 Å². The van der Waals surface area contributed by atoms with Gasteiger partial charge in [0.25, 0.3) is 5.91 Å². The maximum absolute atomic E-state index is 11.8. The van der Waals surface area contributed by atoms with Gasteiger partial charge in [0.15, 0.2) is 0 Å². The number of carbonyl (C=O) groups excluding carboxylic acids is 1. The lowest BCUT2D eigenvalue weighted by Crippen LogP contribution is -2.11. The molecule has 1 amide bonds. The Bertz CT molecular complexity index is 497. The van der Waals surface area contributed by atoms with Crippen molar-refractivity contribution in [2.45, 2.75) is 4.43 Å². The highest BCUT2D eigenvalue weighted by molar-refractivity contribution is 14.1. The highest BCUT2D eigenvalue weighted by Gasteiger charge is 2.04. The summed E-state index contributed by atoms with van der Waals surface area (Å²) < 4.78 is 0.967. The second-order valence-electron chi connectivity index (χ2n) is 3.53. The highest BCUT2D eigenvalue weighted by Crippen LogP contribution is 2.13. The predicted octanol–water partition coefficient (Wildman–Crippen LogP) is 3.27. The van der Waals surface area contributed by atoms with Crippen molar-refractivity contribution in [3.8, 4) is 0 Å². The molecule has 1 aromatic carbocycles. The Morgan fingerprint density at radius 3 is 2.59 bits per heavy atom. The molecule has 1 aromatic heterocycles. The number of nitrogens with one attached hydrogen (secondary N) is 1. The predicted molar refractivity (Wildman–Crippen MR) is 76.4 cm³/mol. The fraction of sp³-hybridized carbons (Fsp3) is 0.0769. The van der Waals surface area contributed by atoms with Crippen LogP contribution in [0.15, 0.2) is 48.8 Å². The Kier molecular flexibility index (Phi) is 4.08. The number of benzene rings is 1. The maximum Gasteiger partial charge on any atom is 0.257 e. The lowest BCUT2D eigenvalue weighted by atomic mass is 10.2. The molecule has 3 nitrogen and oxygen atoms in total. The van der Waals surface area contributed by atoms with Gasteiger partial charge < -0.3 is 5.32 Å². The van der Waals surface area contributed by atoms with E-state index in [-0.39, 0.29) is 5.91 Å². The number of hydrogen-bond acceptors (Lipinski definition) is 2. The summed E-state index contributed by atoms with van der Waals surface area (Å²) in [4.78, 5) is 15.7. The summed E-state index contributed by atoms with van der Waals surface area (Å²) in [5, 5.41) is 2.83. The van der Waals surface area contributed by atoms with Gasteiger partial charge in [-0.2, -0.15) is 0 Å². The van der Waals surface area contributed by atoms with E-state index in [2.05, 4.69) is 32.9 Å². The molecule has 0 bridgehead atoms. The Morgan fingerprint density at radius 2 is 2.00 bits per heavy atom. The average molecular weight is 338 g/mol. The minimum atomic E-state index is -0.139. The van der Waals surface area contributed by atoms with Crippen molar-refractivity contribution in [1.29, 1.82) is 0 Å². The van der Waals surface area contributed by atoms with E-state index in [1.54, 1.807) is 24.5 Å². The van der Waals surface area contributed by atoms with Crippen molar-refractivity contribution in [2.75, 3.05) is 5.32 Å². The van der Waals surface area contributed by atoms with E-state index >= 15 is 0 Å². The molecule has 0 atom stereocenters. The van der Waals surface area contributed by atoms with E-state index in [9.17, 15) is 4.79 Å². The number of aromatic nitrogens is 1. The molecule has 86 valence electrons. The molecule has 0 radical (unpaired) electrons. The summed E-state index contributed by atoms with van der Waals surface area (Å²) >= 11 is 2.30. The molecule has 2 aromatic rings. The number of anilines is 1. The lowest BCUT2D eigenvalue weighted by molar-refractivity contribution is 0.102. The van der Waals surface area contributed by atoms with Gasteiger partial charge in [0.1, 0.15) is 0 Å². The summed E-state index contributed by atoms with van der Waals surface area (Å²) in [5.74, 6) is -0.139. The van der Waals surface area contributed by atoms with Gasteiger partial charge in [-0.3, -0.25) is 9.78 Å². The van der Waals surface area contributed by atoms with E-state index in [0.29, 0.717) is 5.56 Å². The molecule has 0 aliphatic rings. The van der Waals surface area contributed by atoms with Crippen LogP contribution in [0.2, 0.25) is 0 Å². The molecule has 0 aliphatic carbocycles. The smallest absolute Gasteiger partial charge is 0.257 e. The molecule has 0 saturated heterocycles. The van der Waals surface area contributed by atoms with E-state index in [1.165, 1.54) is 5.56 Å². The van der Waals surface area contributed by atoms with Gasteiger partial charge in [0.2, 0.25) is 0 Å². The Morgan fingerprint density at radius 1 is 1.24 bits per heavy atom. The van der Waals surface area contributed by atoms with Gasteiger partial charge in [-0.05, 0) is 29.8 Å². The van der Waals surface area contributed by atoms with Crippen LogP contribution in [0.3, 0.4) is 0 Å². The summed E-state index contributed by atoms with van der Waals surface area (Å²) in [6.07, 6.45) is 3.19. The SMILES string of the molecule is O=C(Nc1ccc(CI)cc1)c1cccnc1. The van der Waals surface area contributed by atoms with Gasteiger partial charge >= 0.3 is 0 Å². The van der Waals surface area contributed by atoms with Crippen LogP contribution in [0.1, 0.15) is 15.9 Å². The third kappa shape index (κ3) is 3.26. The molecular weight excluding hydrogens is 327 g/mol. The van der Waals surface area contributed by atoms with Gasteiger partial charge in [0.05, 0.1) is 5.56 Å². The zero-order chi connectivity index (χ0) is 12.1. The molecule has 1 heterocycles. The topological polar surface area (TPSA) is 42.0 Å². The van der Waals surface area contributed by atoms with Crippen LogP contribution in [0.25, 0.3) is 0 Å². The molecule has 0 unspecified atom stereocenters. The molecule has 2 rings (SSSR count). The fourth-order valence-corrected chi connectivity index (χ4v) is 1.89. The molecule has 0 spiro atoms. The number of pyridine rings is 1. The monoisotopic (exact) mass is 338 g/mol. The fourth-order valence-electron chi connectivity index (χ4n) is 1.38. The number of amides is 1. The standard InChI is InChI=1S/C13H11IN2O/c14-8-10-3-5-12(6-4-10)16-13(17)11-2-1-7-15-9-11/h1-7,9H,8H2,(H,16,17). The largest absolute Gasteiger partial charge is 0.322 e. The minimum Gasteiger partial charge on any atom is -0.322 e. The number of alkyl halides is 1. The maximum atomic E-state index is 11.8. The van der Waals surface area contributed by atoms with Crippen molar-refractivity contribution in [2.24, 2.45) is 0 Å². The van der Waals surface area contributed by atoms with Gasteiger partial charge in [-0.25, -0.2) is 0 Å². The van der Waals surface area contributed by atoms with Crippen molar-refractivity contribution in [1.82, 2.24) is 4.98 Å². The second kappa shape index (κ2) is 5.77. The first-order valence-corrected chi connectivity index (χ1v) is 6.68. The molecule has 0 aliphatic heterocycles. The summed E-state index contributed by atoms with van der Waals surface area (Å²) in [6.45, 7) is 0. The number of nitrogens with zero attached hydrogens (tertiary/aromatic N) is 1. The molecule has 4 heteroatoms. The summed E-state index contributed by atoms with van der Waals surface area (Å²) in [6, 6.07) is 11.3. The third-order valence-electron chi connectivity index (χ3n) is 2.29. The van der Waals surface area contributed by atoms with Gasteiger partial charge in [-0.15, -0.1) is 0 Å². The third-order valence-corrected chi connectivity index (χ3v) is 3.17. The lowest BCUT2D eigenvalue weighted by Gasteiger charge is -2.05. The van der Waals surface area contributed by atoms with Crippen LogP contribution in [-0.4, -0.2) is 10.9 Å². The quantitative estimate of drug-likeness (QED) is 0.689. The normalized spacial score (nSPS) is 9.94. The molecule has 0 saturated carbocycles. The van der Waals surface area contributed by atoms with Gasteiger partial charge in [-0.1, -0.05) is 34.7 Å². The first-order chi connectivity index (χ1) is 8.29. The first-order valence-electron chi connectivity index (χ1n) is 5.16. The highest BCUT2D eigenvalue weighted by atomic mass is 127. The van der Waals surface area contributed by atoms with Crippen molar-refractivity contribution >= 4 is 34.2 Å². The second-order valence-corrected chi connectivity index (χ2v) is 4.29. The van der Waals surface area contributed by atoms with E-state index < -0.39 is 0 Å². The summed E-state index contributed by atoms with van der Waals surface area (Å²) in [5.41, 5.74) is 2.60. The zero-order valence-corrected chi connectivity index (χ0v) is 11.2. The number of carbonyl (C=O) groups is 1. The van der Waals surface area contributed by atoms with Crippen molar-refractivity contribution in [3.05, 3.63) is 59.9 Å². The molecule has 0 fully saturated rings. The summed E-state index contributed by atoms with van der Waals surface area (Å²) in [7, 11) is 0. The molecule has 1 N–H and O–H groups in total. The van der Waals surface area contributed by atoms with E-state index in [1.807, 2.05) is 24.3 Å². The Labute approximate surface area is 113 Å². The number of halogens is 1. The zero-order valence-electron chi connectivity index (χ0n) is 9.06. The van der Waals surface area contributed by atoms with Crippen LogP contribution in [0, 0.1) is 0 Å². The van der Waals surface area contributed by atoms with Gasteiger partial charge in [0, 0.05) is 22.5 Å². The molecule has 17 heavy (non-hydrogen) atoms. The first kappa shape index (κ1) is 12.0. The van der Waals surface area contributed by atoms with Crippen LogP contribution in [-0.2, 0) is 4.43 Å². The Balaban J connectivity index is 2.08. The van der Waals surface area contributed by atoms with Crippen LogP contribution in [0.4, 0.5) is 5.69 Å². The Hall–Kier alpha value is -1.43. The van der Waals surface area contributed by atoms with Crippen LogP contribution >= 0.6 is 22.6 Å². The van der Waals surface area contributed by atoms with Crippen molar-refractivity contribution < 1.29 is 4.79 Å². The van der Waals surface area contributed by atoms with Crippen LogP contribution < -0.4 is 5.32 Å². The van der Waals surface area contributed by atoms with Crippen molar-refractivity contribution in [3.63, 3.8) is 0 Å².